The van der Waals surface area contributed by atoms with Gasteiger partial charge in [-0.1, -0.05) is 29.5 Å². The summed E-state index contributed by atoms with van der Waals surface area (Å²) in [4.78, 5) is 31.2. The number of nitrogens with one attached hydrogen (secondary N) is 2. The van der Waals surface area contributed by atoms with Gasteiger partial charge in [0.25, 0.3) is 0 Å². The van der Waals surface area contributed by atoms with Crippen LogP contribution in [0.3, 0.4) is 0 Å². The third-order valence-corrected chi connectivity index (χ3v) is 9.12. The highest BCUT2D eigenvalue weighted by molar-refractivity contribution is 7.16. The lowest BCUT2D eigenvalue weighted by Crippen LogP contribution is -2.55. The van der Waals surface area contributed by atoms with Crippen molar-refractivity contribution in [3.63, 3.8) is 0 Å². The summed E-state index contributed by atoms with van der Waals surface area (Å²) >= 11 is 0.884. The Morgan fingerprint density at radius 1 is 1.19 bits per heavy atom. The van der Waals surface area contributed by atoms with Gasteiger partial charge in [0.05, 0.1) is 16.9 Å². The number of aromatic hydroxyl groups is 1. The van der Waals surface area contributed by atoms with Gasteiger partial charge in [-0.15, -0.1) is 0 Å². The Kier molecular flexibility index (Phi) is 9.62. The second-order valence-electron chi connectivity index (χ2n) is 12.3. The SMILES string of the molecule is CC(C)(C)N(Cc1ccc(OCCN2CCC3(CC2)CNCCO3)cc1)C(=O)OC[C@H](O)c1ccc(O)c2[nH]c(=O)sc12. The molecule has 11 nitrogen and oxygen atoms in total. The Labute approximate surface area is 255 Å². The minimum atomic E-state index is -1.17. The van der Waals surface area contributed by atoms with Crippen molar-refractivity contribution in [1.82, 2.24) is 20.1 Å². The Morgan fingerprint density at radius 2 is 1.93 bits per heavy atom. The minimum absolute atomic E-state index is 0.00385. The summed E-state index contributed by atoms with van der Waals surface area (Å²) in [6.07, 6.45) is 0.343. The highest BCUT2D eigenvalue weighted by Crippen LogP contribution is 2.32. The van der Waals surface area contributed by atoms with E-state index in [-0.39, 0.29) is 28.3 Å². The van der Waals surface area contributed by atoms with E-state index in [1.807, 2.05) is 45.0 Å². The number of phenols is 1. The fraction of sp³-hybridized carbons (Fsp3) is 0.548. The van der Waals surface area contributed by atoms with Crippen LogP contribution in [0, 0.1) is 0 Å². The predicted octanol–water partition coefficient (Wildman–Crippen LogP) is 3.60. The summed E-state index contributed by atoms with van der Waals surface area (Å²) < 4.78 is 18.1. The lowest BCUT2D eigenvalue weighted by atomic mass is 9.90. The van der Waals surface area contributed by atoms with Crippen LogP contribution in [0.15, 0.2) is 41.2 Å². The van der Waals surface area contributed by atoms with Crippen LogP contribution in [0.1, 0.15) is 50.8 Å². The Balaban J connectivity index is 1.11. The van der Waals surface area contributed by atoms with Gasteiger partial charge in [-0.3, -0.25) is 14.6 Å². The van der Waals surface area contributed by atoms with E-state index in [1.165, 1.54) is 12.1 Å². The van der Waals surface area contributed by atoms with Crippen molar-refractivity contribution in [2.75, 3.05) is 52.5 Å². The van der Waals surface area contributed by atoms with Crippen LogP contribution in [0.5, 0.6) is 11.5 Å². The monoisotopic (exact) mass is 614 g/mol. The lowest BCUT2D eigenvalue weighted by Gasteiger charge is -2.44. The summed E-state index contributed by atoms with van der Waals surface area (Å²) in [6.45, 7) is 11.9. The zero-order valence-corrected chi connectivity index (χ0v) is 25.9. The van der Waals surface area contributed by atoms with E-state index < -0.39 is 17.7 Å². The molecule has 0 saturated carbocycles. The van der Waals surface area contributed by atoms with Crippen molar-refractivity contribution >= 4 is 27.6 Å². The number of aliphatic hydroxyl groups is 1. The molecule has 1 aromatic heterocycles. The second-order valence-corrected chi connectivity index (χ2v) is 13.3. The third kappa shape index (κ3) is 7.68. The number of rotatable bonds is 9. The zero-order chi connectivity index (χ0) is 30.6. The van der Waals surface area contributed by atoms with Crippen molar-refractivity contribution in [2.24, 2.45) is 0 Å². The number of amides is 1. The standard InChI is InChI=1S/C31H42N4O7S/c1-30(2,3)35(29(39)41-19-25(37)23-8-9-24(36)26-27(23)43-28(38)33-26)18-21-4-6-22(7-5-21)40-17-15-34-13-10-31(11-14-34)20-32-12-16-42-31/h4-9,25,32,36-37H,10-20H2,1-3H3,(H,33,38)/t25-/m0/s1. The first kappa shape index (κ1) is 31.3. The number of ether oxygens (including phenoxy) is 3. The zero-order valence-electron chi connectivity index (χ0n) is 25.1. The Morgan fingerprint density at radius 3 is 2.60 bits per heavy atom. The number of aliphatic hydroxyl groups excluding tert-OH is 1. The van der Waals surface area contributed by atoms with Crippen LogP contribution in [-0.2, 0) is 16.0 Å². The number of likely N-dealkylation sites (tertiary alicyclic amines) is 1. The summed E-state index contributed by atoms with van der Waals surface area (Å²) in [5.74, 6) is 0.691. The minimum Gasteiger partial charge on any atom is -0.506 e. The maximum atomic E-state index is 13.2. The van der Waals surface area contributed by atoms with Gasteiger partial charge in [0.15, 0.2) is 0 Å². The molecule has 0 unspecified atom stereocenters. The molecule has 1 amide bonds. The van der Waals surface area contributed by atoms with Gasteiger partial charge >= 0.3 is 11.0 Å². The summed E-state index contributed by atoms with van der Waals surface area (Å²) in [5, 5.41) is 24.2. The third-order valence-electron chi connectivity index (χ3n) is 8.18. The molecule has 2 aromatic carbocycles. The number of thiazole rings is 1. The van der Waals surface area contributed by atoms with Crippen LogP contribution in [0.4, 0.5) is 4.79 Å². The number of piperidine rings is 1. The molecule has 0 aliphatic carbocycles. The predicted molar refractivity (Wildman–Crippen MR) is 165 cm³/mol. The number of hydrogen-bond donors (Lipinski definition) is 4. The van der Waals surface area contributed by atoms with E-state index in [2.05, 4.69) is 15.2 Å². The normalized spacial score (nSPS) is 18.0. The molecular formula is C31H42N4O7S. The largest absolute Gasteiger partial charge is 0.506 e. The first-order valence-electron chi connectivity index (χ1n) is 14.8. The molecule has 3 heterocycles. The van der Waals surface area contributed by atoms with Crippen LogP contribution < -0.4 is 14.9 Å². The molecule has 0 radical (unpaired) electrons. The molecule has 12 heteroatoms. The maximum absolute atomic E-state index is 13.2. The van der Waals surface area contributed by atoms with E-state index in [0.29, 0.717) is 23.4 Å². The molecule has 2 fully saturated rings. The number of H-pyrrole nitrogens is 1. The molecule has 234 valence electrons. The van der Waals surface area contributed by atoms with E-state index >= 15 is 0 Å². The highest BCUT2D eigenvalue weighted by atomic mass is 32.1. The summed E-state index contributed by atoms with van der Waals surface area (Å²) in [6, 6.07) is 10.6. The van der Waals surface area contributed by atoms with Gasteiger partial charge in [0, 0.05) is 50.4 Å². The molecule has 3 aromatic rings. The Bertz CT molecular complexity index is 1430. The van der Waals surface area contributed by atoms with Crippen molar-refractivity contribution in [3.05, 3.63) is 57.2 Å². The number of morpholine rings is 1. The molecule has 1 spiro atoms. The average molecular weight is 615 g/mol. The van der Waals surface area contributed by atoms with Crippen molar-refractivity contribution < 1.29 is 29.2 Å². The van der Waals surface area contributed by atoms with Gasteiger partial charge in [-0.25, -0.2) is 4.79 Å². The summed E-state index contributed by atoms with van der Waals surface area (Å²) in [7, 11) is 0. The van der Waals surface area contributed by atoms with Crippen molar-refractivity contribution in [2.45, 2.75) is 57.4 Å². The number of fused-ring (bicyclic) bond motifs is 1. The fourth-order valence-electron chi connectivity index (χ4n) is 5.57. The first-order chi connectivity index (χ1) is 20.5. The number of phenolic OH excluding ortho intramolecular Hbond substituents is 1. The topological polar surface area (TPSA) is 137 Å². The quantitative estimate of drug-likeness (QED) is 0.285. The van der Waals surface area contributed by atoms with Crippen LogP contribution in [0.2, 0.25) is 0 Å². The molecule has 5 rings (SSSR count). The first-order valence-corrected chi connectivity index (χ1v) is 15.6. The smallest absolute Gasteiger partial charge is 0.410 e. The van der Waals surface area contributed by atoms with E-state index in [0.717, 1.165) is 74.8 Å². The number of carbonyl (C=O) groups excluding carboxylic acids is 1. The van der Waals surface area contributed by atoms with Gasteiger partial charge in [-0.2, -0.15) is 0 Å². The highest BCUT2D eigenvalue weighted by Gasteiger charge is 2.36. The molecular weight excluding hydrogens is 572 g/mol. The van der Waals surface area contributed by atoms with E-state index in [4.69, 9.17) is 14.2 Å². The van der Waals surface area contributed by atoms with Crippen LogP contribution in [0.25, 0.3) is 10.2 Å². The number of carbonyl (C=O) groups is 1. The molecule has 0 bridgehead atoms. The number of nitrogens with zero attached hydrogens (tertiary/aromatic N) is 2. The van der Waals surface area contributed by atoms with Gasteiger partial charge in [0.1, 0.15) is 36.3 Å². The van der Waals surface area contributed by atoms with Crippen molar-refractivity contribution in [1.29, 1.82) is 0 Å². The van der Waals surface area contributed by atoms with Crippen LogP contribution >= 0.6 is 11.3 Å². The Hall–Kier alpha value is -3.16. The van der Waals surface area contributed by atoms with Gasteiger partial charge in [0.2, 0.25) is 0 Å². The molecule has 2 aliphatic heterocycles. The molecule has 2 aliphatic rings. The van der Waals surface area contributed by atoms with Gasteiger partial charge < -0.3 is 34.7 Å². The maximum Gasteiger partial charge on any atom is 0.410 e. The fourth-order valence-corrected chi connectivity index (χ4v) is 6.49. The molecule has 4 N–H and O–H groups in total. The second kappa shape index (κ2) is 13.2. The number of hydrogen-bond acceptors (Lipinski definition) is 10. The number of aromatic nitrogens is 1. The van der Waals surface area contributed by atoms with E-state index in [1.54, 1.807) is 4.90 Å². The molecule has 1 atom stereocenters. The number of aromatic amines is 1. The average Bonchev–Trinajstić information content (AvgIpc) is 3.38. The lowest BCUT2D eigenvalue weighted by molar-refractivity contribution is -0.100. The van der Waals surface area contributed by atoms with Crippen LogP contribution in [-0.4, -0.2) is 94.8 Å². The van der Waals surface area contributed by atoms with Gasteiger partial charge in [-0.05, 0) is 57.4 Å². The summed E-state index contributed by atoms with van der Waals surface area (Å²) in [5.41, 5.74) is 1.04. The van der Waals surface area contributed by atoms with E-state index in [9.17, 15) is 19.8 Å². The molecule has 43 heavy (non-hydrogen) atoms. The van der Waals surface area contributed by atoms with Crippen molar-refractivity contribution in [3.8, 4) is 11.5 Å². The molecule has 2 saturated heterocycles. The number of benzene rings is 2.